The molecule has 6 nitrogen and oxygen atoms in total. The lowest BCUT2D eigenvalue weighted by molar-refractivity contribution is 0.759. The van der Waals surface area contributed by atoms with E-state index in [1.807, 2.05) is 0 Å². The third-order valence-electron chi connectivity index (χ3n) is 21.9. The summed E-state index contributed by atoms with van der Waals surface area (Å²) in [4.78, 5) is 8.90. The monoisotopic (exact) mass is 1060 g/mol. The van der Waals surface area contributed by atoms with E-state index in [0.29, 0.717) is 22.5 Å². The Balaban J connectivity index is 1.04. The van der Waals surface area contributed by atoms with Crippen LogP contribution in [0.1, 0.15) is 147 Å². The molecule has 0 atom stereocenters. The van der Waals surface area contributed by atoms with Crippen molar-refractivity contribution in [2.24, 2.45) is 0 Å². The van der Waals surface area contributed by atoms with Gasteiger partial charge in [0.15, 0.2) is 11.4 Å². The highest BCUT2D eigenvalue weighted by Gasteiger charge is 2.48. The number of benzene rings is 10. The molecule has 380 valence electrons. The van der Waals surface area contributed by atoms with E-state index >= 15 is 0 Å². The number of aromatic nitrogens is 2. The Hall–Kier alpha value is -11.0. The smallest absolute Gasteiger partial charge is 0.193 e. The first-order valence-electron chi connectivity index (χ1n) is 29.3. The molecule has 84 heavy (non-hydrogen) atoms. The van der Waals surface area contributed by atoms with Gasteiger partial charge in [0, 0.05) is 101 Å². The quantitative estimate of drug-likeness (QED) is 0.112. The molecule has 0 aliphatic heterocycles. The van der Waals surface area contributed by atoms with Crippen LogP contribution in [0.4, 0.5) is 11.4 Å². The predicted molar refractivity (Wildman–Crippen MR) is 332 cm³/mol. The van der Waals surface area contributed by atoms with Gasteiger partial charge in [-0.1, -0.05) is 146 Å². The normalized spacial score (nSPS) is 22.3. The molecular weight excluding hydrogens is 1020 g/mol. The lowest BCUT2D eigenvalue weighted by atomic mass is 9.59. The zero-order chi connectivity index (χ0) is 54.6. The van der Waals surface area contributed by atoms with Gasteiger partial charge in [0.1, 0.15) is 0 Å². The van der Waals surface area contributed by atoms with Crippen molar-refractivity contribution in [3.8, 4) is 12.1 Å². The van der Waals surface area contributed by atoms with Crippen LogP contribution in [-0.2, 0) is 0 Å². The van der Waals surface area contributed by atoms with Crippen molar-refractivity contribution in [2.45, 2.75) is 47.3 Å². The molecule has 10 aromatic carbocycles. The molecule has 0 fully saturated rings. The molecule has 12 aliphatic rings. The van der Waals surface area contributed by atoms with E-state index in [-0.39, 0.29) is 47.3 Å². The molecule has 0 saturated carbocycles. The number of fused-ring (bicyclic) bond motifs is 15. The summed E-state index contributed by atoms with van der Waals surface area (Å²) in [5.41, 5.74) is 28.4. The highest BCUT2D eigenvalue weighted by atomic mass is 14.9. The Morgan fingerprint density at radius 1 is 0.321 bits per heavy atom. The van der Waals surface area contributed by atoms with E-state index in [2.05, 4.69) is 213 Å². The second kappa shape index (κ2) is 14.0. The molecule has 8 bridgehead atoms. The number of rotatable bonds is 0. The van der Waals surface area contributed by atoms with Crippen LogP contribution in [0.2, 0.25) is 0 Å². The number of nitriles is 2. The molecule has 4 aromatic heterocycles. The molecule has 26 rings (SSSR count). The predicted octanol–water partition coefficient (Wildman–Crippen LogP) is 18.6. The second-order valence-corrected chi connectivity index (χ2v) is 24.9. The molecule has 0 radical (unpaired) electrons. The average Bonchev–Trinajstić information content (AvgIpc) is 1.65. The van der Waals surface area contributed by atoms with Crippen molar-refractivity contribution in [3.05, 3.63) is 305 Å². The van der Waals surface area contributed by atoms with Crippen molar-refractivity contribution >= 4 is 98.3 Å². The summed E-state index contributed by atoms with van der Waals surface area (Å²) in [6, 6.07) is 55.1. The standard InChI is InChI=1S/C78H38N6/c1-81-53-31-57-69(62-38-25-21-36(22-26-38)60(53)62)52-30-49-50(71-74-58(84(57)78(52)71)32-54(82-2)72-65-43-13-5-9-17-47(43)67(76(72)74)48-18-10-6-14-44(48)65)29-51-68-55(27-39(33-79)59-35-19-23-37(24-20-35)61(59)68)83-56-28-40(34-80)63-64-41-11-3-7-15-45(41)66(46-16-8-4-12-42(46)64)75(63)73(56)70(49)77(51)83/h3-32,35-38,64-67H. The third-order valence-corrected chi connectivity index (χ3v) is 21.9. The van der Waals surface area contributed by atoms with Crippen LogP contribution in [0.3, 0.4) is 0 Å². The topological polar surface area (TPSA) is 65.1 Å². The average molecular weight is 1060 g/mol. The first-order valence-corrected chi connectivity index (χ1v) is 29.3. The summed E-state index contributed by atoms with van der Waals surface area (Å²) >= 11 is 0. The minimum absolute atomic E-state index is 0.00505. The summed E-state index contributed by atoms with van der Waals surface area (Å²) in [5, 5.41) is 34.5. The maximum absolute atomic E-state index is 11.7. The van der Waals surface area contributed by atoms with Crippen molar-refractivity contribution in [1.82, 2.24) is 8.80 Å². The number of hydrogen-bond acceptors (Lipinski definition) is 2. The fraction of sp³-hybridized carbons (Fsp3) is 0.103. The maximum atomic E-state index is 11.7. The summed E-state index contributed by atoms with van der Waals surface area (Å²) in [5.74, 6) is -0.581. The second-order valence-electron chi connectivity index (χ2n) is 24.9. The molecule has 0 amide bonds. The van der Waals surface area contributed by atoms with Crippen LogP contribution in [0.5, 0.6) is 0 Å². The number of allylic oxidation sites excluding steroid dienone is 8. The minimum atomic E-state index is -0.140. The van der Waals surface area contributed by atoms with E-state index < -0.39 is 0 Å². The van der Waals surface area contributed by atoms with Gasteiger partial charge in [0.2, 0.25) is 0 Å². The van der Waals surface area contributed by atoms with Crippen LogP contribution < -0.4 is 0 Å². The van der Waals surface area contributed by atoms with E-state index in [0.717, 1.165) is 87.7 Å². The molecule has 14 aromatic rings. The Labute approximate surface area is 479 Å². The first-order chi connectivity index (χ1) is 41.6. The molecule has 0 unspecified atom stereocenters. The fourth-order valence-electron chi connectivity index (χ4n) is 19.2. The summed E-state index contributed by atoms with van der Waals surface area (Å²) in [6.07, 6.45) is 18.4. The molecule has 0 spiro atoms. The van der Waals surface area contributed by atoms with Crippen molar-refractivity contribution in [2.75, 3.05) is 0 Å². The van der Waals surface area contributed by atoms with Crippen LogP contribution in [-0.4, -0.2) is 8.80 Å². The molecule has 6 heteroatoms. The Kier molecular flexibility index (Phi) is 7.13. The minimum Gasteiger partial charge on any atom is -0.310 e. The van der Waals surface area contributed by atoms with E-state index in [1.165, 1.54) is 88.3 Å². The van der Waals surface area contributed by atoms with Gasteiger partial charge in [0.05, 0.1) is 58.5 Å². The van der Waals surface area contributed by atoms with E-state index in [4.69, 9.17) is 13.1 Å². The van der Waals surface area contributed by atoms with Crippen LogP contribution in [0, 0.1) is 35.8 Å². The third kappa shape index (κ3) is 4.40. The number of hydrogen-bond donors (Lipinski definition) is 0. The van der Waals surface area contributed by atoms with Crippen molar-refractivity contribution < 1.29 is 0 Å². The Bertz CT molecular complexity index is 5540. The lowest BCUT2D eigenvalue weighted by Crippen LogP contribution is -2.28. The Morgan fingerprint density at radius 2 is 0.643 bits per heavy atom. The highest BCUT2D eigenvalue weighted by molar-refractivity contribution is 6.41. The van der Waals surface area contributed by atoms with E-state index in [1.54, 1.807) is 0 Å². The van der Waals surface area contributed by atoms with Gasteiger partial charge in [-0.2, -0.15) is 10.5 Å². The Morgan fingerprint density at radius 3 is 1.07 bits per heavy atom. The zero-order valence-corrected chi connectivity index (χ0v) is 44.6. The zero-order valence-electron chi connectivity index (χ0n) is 44.6. The molecule has 0 saturated heterocycles. The van der Waals surface area contributed by atoms with Crippen LogP contribution >= 0.6 is 0 Å². The largest absolute Gasteiger partial charge is 0.310 e. The summed E-state index contributed by atoms with van der Waals surface area (Å²) in [6.45, 7) is 18.0. The SMILES string of the molecule is [C-]#[N+]c1cc2c(c3c1C1C=CC3C=C1)c1cc3c(cc4c5c6c(c(C#N)cc5n5c7cc(C#N)c8c(c7c3c45)C3c4ccccc4C8c4ccccc43)C3C=CC6C=C3)c3c4c5c(c([N+]#[C-])cc4n2c13)C1c2ccccc2C5c2ccccc21. The lowest BCUT2D eigenvalue weighted by Gasteiger charge is -2.43. The van der Waals surface area contributed by atoms with E-state index in [9.17, 15) is 10.5 Å². The van der Waals surface area contributed by atoms with Crippen LogP contribution in [0.25, 0.3) is 96.7 Å². The molecule has 12 aliphatic carbocycles. The van der Waals surface area contributed by atoms with Gasteiger partial charge in [-0.3, -0.25) is 0 Å². The van der Waals surface area contributed by atoms with Gasteiger partial charge < -0.3 is 8.80 Å². The highest BCUT2D eigenvalue weighted by Crippen LogP contribution is 2.65. The van der Waals surface area contributed by atoms with Gasteiger partial charge in [-0.05, 0) is 136 Å². The first kappa shape index (κ1) is 42.8. The summed E-state index contributed by atoms with van der Waals surface area (Å²) in [7, 11) is 0. The fourth-order valence-corrected chi connectivity index (χ4v) is 19.2. The molecule has 0 N–H and O–H groups in total. The maximum Gasteiger partial charge on any atom is 0.193 e. The van der Waals surface area contributed by atoms with Crippen LogP contribution in [0.15, 0.2) is 182 Å². The van der Waals surface area contributed by atoms with Gasteiger partial charge >= 0.3 is 0 Å². The van der Waals surface area contributed by atoms with Gasteiger partial charge in [-0.15, -0.1) is 0 Å². The summed E-state index contributed by atoms with van der Waals surface area (Å²) < 4.78 is 4.93. The molecule has 4 heterocycles. The van der Waals surface area contributed by atoms with Gasteiger partial charge in [0.25, 0.3) is 0 Å². The molecular formula is C78H38N6. The van der Waals surface area contributed by atoms with Crippen molar-refractivity contribution in [1.29, 1.82) is 10.5 Å². The van der Waals surface area contributed by atoms with Gasteiger partial charge in [-0.25, -0.2) is 9.69 Å². The number of nitrogens with zero attached hydrogens (tertiary/aromatic N) is 6. The van der Waals surface area contributed by atoms with Crippen molar-refractivity contribution in [3.63, 3.8) is 0 Å².